The average molecular weight is 395 g/mol. The Hall–Kier alpha value is -2.81. The first-order valence-corrected chi connectivity index (χ1v) is 8.52. The first-order valence-electron chi connectivity index (χ1n) is 8.15. The van der Waals surface area contributed by atoms with Crippen molar-refractivity contribution < 1.29 is 22.4 Å². The van der Waals surface area contributed by atoms with E-state index >= 15 is 0 Å². The second-order valence-electron chi connectivity index (χ2n) is 6.04. The number of hydrogen-bond acceptors (Lipinski definition) is 6. The summed E-state index contributed by atoms with van der Waals surface area (Å²) in [5.41, 5.74) is 0.622. The van der Waals surface area contributed by atoms with E-state index in [0.717, 1.165) is 12.8 Å². The van der Waals surface area contributed by atoms with Gasteiger partial charge in [-0.15, -0.1) is 10.2 Å². The van der Waals surface area contributed by atoms with Crippen molar-refractivity contribution in [2.24, 2.45) is 5.92 Å². The molecule has 0 unspecified atom stereocenters. The highest BCUT2D eigenvalue weighted by atomic mass is 35.5. The topological polar surface area (TPSA) is 85.3 Å². The third-order valence-corrected chi connectivity index (χ3v) is 4.23. The van der Waals surface area contributed by atoms with Crippen LogP contribution in [0.4, 0.5) is 14.5 Å². The molecule has 4 rings (SSSR count). The van der Waals surface area contributed by atoms with E-state index in [-0.39, 0.29) is 35.9 Å². The van der Waals surface area contributed by atoms with Gasteiger partial charge < -0.3 is 13.7 Å². The van der Waals surface area contributed by atoms with Gasteiger partial charge in [0.15, 0.2) is 0 Å². The standard InChI is InChI=1S/C17H13ClF2N4O3/c18-10-2-1-3-11(6-10)24(17(25)9-4-5-9)8-13-21-7-12(26-13)15-22-23-16(27-15)14(19)20/h1-3,6-7,9,14H,4-5,8H2. The maximum Gasteiger partial charge on any atom is 0.314 e. The van der Waals surface area contributed by atoms with E-state index in [9.17, 15) is 13.6 Å². The van der Waals surface area contributed by atoms with Gasteiger partial charge in [-0.1, -0.05) is 17.7 Å². The van der Waals surface area contributed by atoms with Crippen LogP contribution in [0.25, 0.3) is 11.7 Å². The number of amides is 1. The van der Waals surface area contributed by atoms with Gasteiger partial charge >= 0.3 is 6.43 Å². The Morgan fingerprint density at radius 1 is 1.30 bits per heavy atom. The zero-order valence-electron chi connectivity index (χ0n) is 13.8. The number of hydrogen-bond donors (Lipinski definition) is 0. The zero-order chi connectivity index (χ0) is 19.0. The molecule has 1 fully saturated rings. The fourth-order valence-electron chi connectivity index (χ4n) is 2.53. The molecule has 1 amide bonds. The van der Waals surface area contributed by atoms with Crippen LogP contribution in [0.15, 0.2) is 39.3 Å². The summed E-state index contributed by atoms with van der Waals surface area (Å²) in [5.74, 6) is -0.817. The minimum Gasteiger partial charge on any atom is -0.434 e. The number of benzene rings is 1. The quantitative estimate of drug-likeness (QED) is 0.621. The Morgan fingerprint density at radius 3 is 2.78 bits per heavy atom. The predicted molar refractivity (Wildman–Crippen MR) is 90.1 cm³/mol. The molecule has 2 heterocycles. The SMILES string of the molecule is O=C(C1CC1)N(Cc1ncc(-c2nnc(C(F)F)o2)o1)c1cccc(Cl)c1. The number of nitrogens with zero attached hydrogens (tertiary/aromatic N) is 4. The van der Waals surface area contributed by atoms with Crippen molar-refractivity contribution in [3.05, 3.63) is 47.3 Å². The summed E-state index contributed by atoms with van der Waals surface area (Å²) in [6.45, 7) is 0.0610. The number of halogens is 3. The van der Waals surface area contributed by atoms with E-state index in [1.165, 1.54) is 11.1 Å². The molecule has 1 aromatic carbocycles. The minimum atomic E-state index is -2.87. The number of alkyl halides is 2. The lowest BCUT2D eigenvalue weighted by Crippen LogP contribution is -2.31. The highest BCUT2D eigenvalue weighted by Gasteiger charge is 2.35. The number of carbonyl (C=O) groups is 1. The molecule has 0 radical (unpaired) electrons. The molecule has 27 heavy (non-hydrogen) atoms. The monoisotopic (exact) mass is 394 g/mol. The molecule has 140 valence electrons. The molecule has 10 heteroatoms. The molecule has 1 saturated carbocycles. The number of aromatic nitrogens is 3. The number of oxazole rings is 1. The molecule has 7 nitrogen and oxygen atoms in total. The van der Waals surface area contributed by atoms with Crippen molar-refractivity contribution in [3.8, 4) is 11.7 Å². The third kappa shape index (κ3) is 3.82. The lowest BCUT2D eigenvalue weighted by Gasteiger charge is -2.21. The predicted octanol–water partition coefficient (Wildman–Crippen LogP) is 4.26. The van der Waals surface area contributed by atoms with Crippen molar-refractivity contribution in [1.82, 2.24) is 15.2 Å². The summed E-state index contributed by atoms with van der Waals surface area (Å²) in [7, 11) is 0. The summed E-state index contributed by atoms with van der Waals surface area (Å²) in [4.78, 5) is 18.3. The van der Waals surface area contributed by atoms with Gasteiger partial charge in [0, 0.05) is 16.6 Å². The molecular weight excluding hydrogens is 382 g/mol. The van der Waals surface area contributed by atoms with Crippen molar-refractivity contribution in [1.29, 1.82) is 0 Å². The molecule has 1 aliphatic rings. The Morgan fingerprint density at radius 2 is 2.11 bits per heavy atom. The minimum absolute atomic E-state index is 0.0250. The summed E-state index contributed by atoms with van der Waals surface area (Å²) in [6.07, 6.45) is 0.0923. The summed E-state index contributed by atoms with van der Waals surface area (Å²) in [5, 5.41) is 7.26. The Labute approximate surface area is 157 Å². The summed E-state index contributed by atoms with van der Waals surface area (Å²) < 4.78 is 35.5. The van der Waals surface area contributed by atoms with E-state index in [4.69, 9.17) is 20.4 Å². The van der Waals surface area contributed by atoms with Crippen LogP contribution in [-0.2, 0) is 11.3 Å². The van der Waals surface area contributed by atoms with E-state index in [1.807, 2.05) is 0 Å². The first kappa shape index (κ1) is 17.6. The van der Waals surface area contributed by atoms with E-state index in [0.29, 0.717) is 10.7 Å². The van der Waals surface area contributed by atoms with Crippen molar-refractivity contribution >= 4 is 23.2 Å². The van der Waals surface area contributed by atoms with Crippen LogP contribution in [0.2, 0.25) is 5.02 Å². The maximum absolute atomic E-state index is 12.7. The van der Waals surface area contributed by atoms with Crippen molar-refractivity contribution in [2.45, 2.75) is 25.8 Å². The van der Waals surface area contributed by atoms with Crippen LogP contribution in [0.1, 0.15) is 31.0 Å². The third-order valence-electron chi connectivity index (χ3n) is 4.00. The summed E-state index contributed by atoms with van der Waals surface area (Å²) in [6, 6.07) is 6.90. The molecule has 0 spiro atoms. The largest absolute Gasteiger partial charge is 0.434 e. The fraction of sp³-hybridized carbons (Fsp3) is 0.294. The fourth-order valence-corrected chi connectivity index (χ4v) is 2.72. The number of carbonyl (C=O) groups excluding carboxylic acids is 1. The molecule has 0 bridgehead atoms. The Bertz CT molecular complexity index is 971. The Kier molecular flexibility index (Phi) is 4.61. The van der Waals surface area contributed by atoms with Gasteiger partial charge in [0.05, 0.1) is 6.20 Å². The lowest BCUT2D eigenvalue weighted by molar-refractivity contribution is -0.120. The number of rotatable bonds is 6. The van der Waals surface area contributed by atoms with Gasteiger partial charge in [-0.3, -0.25) is 4.79 Å². The molecule has 3 aromatic rings. The van der Waals surface area contributed by atoms with Gasteiger partial charge in [-0.25, -0.2) is 4.98 Å². The maximum atomic E-state index is 12.7. The van der Waals surface area contributed by atoms with Crippen LogP contribution < -0.4 is 4.90 Å². The van der Waals surface area contributed by atoms with Crippen LogP contribution in [0, 0.1) is 5.92 Å². The molecular formula is C17H13ClF2N4O3. The molecule has 0 saturated heterocycles. The lowest BCUT2D eigenvalue weighted by atomic mass is 10.2. The van der Waals surface area contributed by atoms with Crippen LogP contribution in [-0.4, -0.2) is 21.1 Å². The highest BCUT2D eigenvalue weighted by Crippen LogP contribution is 2.34. The van der Waals surface area contributed by atoms with Gasteiger partial charge in [-0.05, 0) is 31.0 Å². The molecule has 0 atom stereocenters. The van der Waals surface area contributed by atoms with Gasteiger partial charge in [0.2, 0.25) is 17.6 Å². The van der Waals surface area contributed by atoms with Crippen LogP contribution >= 0.6 is 11.6 Å². The van der Waals surface area contributed by atoms with Crippen molar-refractivity contribution in [2.75, 3.05) is 4.90 Å². The highest BCUT2D eigenvalue weighted by molar-refractivity contribution is 6.30. The molecule has 1 aliphatic carbocycles. The molecule has 2 aromatic heterocycles. The van der Waals surface area contributed by atoms with Gasteiger partial charge in [-0.2, -0.15) is 8.78 Å². The van der Waals surface area contributed by atoms with Gasteiger partial charge in [0.1, 0.15) is 6.54 Å². The van der Waals surface area contributed by atoms with Crippen LogP contribution in [0.5, 0.6) is 0 Å². The normalized spacial score (nSPS) is 13.9. The second-order valence-corrected chi connectivity index (χ2v) is 6.48. The van der Waals surface area contributed by atoms with E-state index in [1.54, 1.807) is 24.3 Å². The van der Waals surface area contributed by atoms with Crippen LogP contribution in [0.3, 0.4) is 0 Å². The smallest absolute Gasteiger partial charge is 0.314 e. The van der Waals surface area contributed by atoms with E-state index < -0.39 is 12.3 Å². The average Bonchev–Trinajstić information content (AvgIpc) is 3.18. The summed E-state index contributed by atoms with van der Waals surface area (Å²) >= 11 is 6.04. The molecule has 0 N–H and O–H groups in total. The van der Waals surface area contributed by atoms with E-state index in [2.05, 4.69) is 15.2 Å². The number of anilines is 1. The Balaban J connectivity index is 1.58. The van der Waals surface area contributed by atoms with Crippen molar-refractivity contribution in [3.63, 3.8) is 0 Å². The van der Waals surface area contributed by atoms with Gasteiger partial charge in [0.25, 0.3) is 11.8 Å². The zero-order valence-corrected chi connectivity index (χ0v) is 14.6. The molecule has 0 aliphatic heterocycles. The second kappa shape index (κ2) is 7.07. The first-order chi connectivity index (χ1) is 13.0.